The van der Waals surface area contributed by atoms with Crippen LogP contribution in [0.25, 0.3) is 0 Å². The van der Waals surface area contributed by atoms with Crippen molar-refractivity contribution in [2.75, 3.05) is 0 Å². The fraction of sp³-hybridized carbons (Fsp3) is 0.500. The average molecular weight is 162 g/mol. The van der Waals surface area contributed by atoms with E-state index < -0.39 is 0 Å². The lowest BCUT2D eigenvalue weighted by Gasteiger charge is -2.18. The third-order valence-corrected chi connectivity index (χ3v) is 2.39. The fourth-order valence-corrected chi connectivity index (χ4v) is 1.45. The van der Waals surface area contributed by atoms with Gasteiger partial charge in [0.15, 0.2) is 0 Å². The van der Waals surface area contributed by atoms with Crippen molar-refractivity contribution in [3.8, 4) is 0 Å². The number of hydrogen-bond acceptors (Lipinski definition) is 0. The highest BCUT2D eigenvalue weighted by atomic mass is 14.2. The molecule has 1 aliphatic carbocycles. The minimum atomic E-state index is 0.579. The molecule has 0 saturated carbocycles. The van der Waals surface area contributed by atoms with E-state index in [4.69, 9.17) is 0 Å². The summed E-state index contributed by atoms with van der Waals surface area (Å²) in [4.78, 5) is 0. The highest BCUT2D eigenvalue weighted by Gasteiger charge is 2.11. The molecule has 12 heavy (non-hydrogen) atoms. The van der Waals surface area contributed by atoms with Crippen molar-refractivity contribution >= 4 is 0 Å². The predicted molar refractivity (Wildman–Crippen MR) is 55.0 cm³/mol. The molecule has 1 aliphatic rings. The van der Waals surface area contributed by atoms with E-state index in [1.165, 1.54) is 11.1 Å². The van der Waals surface area contributed by atoms with Gasteiger partial charge in [0.1, 0.15) is 0 Å². The maximum Gasteiger partial charge on any atom is -0.0216 e. The molecule has 0 amide bonds. The molecular weight excluding hydrogens is 144 g/mol. The molecule has 1 unspecified atom stereocenters. The van der Waals surface area contributed by atoms with Crippen molar-refractivity contribution in [1.29, 1.82) is 0 Å². The van der Waals surface area contributed by atoms with Gasteiger partial charge in [-0.2, -0.15) is 0 Å². The highest BCUT2D eigenvalue weighted by Crippen LogP contribution is 2.27. The van der Waals surface area contributed by atoms with Gasteiger partial charge in [0.2, 0.25) is 0 Å². The molecule has 0 aromatic carbocycles. The Balaban J connectivity index is 2.70. The Bertz CT molecular complexity index is 228. The second-order valence-electron chi connectivity index (χ2n) is 3.94. The summed E-state index contributed by atoms with van der Waals surface area (Å²) in [5, 5.41) is 0. The van der Waals surface area contributed by atoms with Crippen LogP contribution in [0, 0.1) is 11.8 Å². The lowest BCUT2D eigenvalue weighted by molar-refractivity contribution is 0.681. The predicted octanol–water partition coefficient (Wildman–Crippen LogP) is 3.72. The van der Waals surface area contributed by atoms with Gasteiger partial charge in [-0.3, -0.25) is 0 Å². The summed E-state index contributed by atoms with van der Waals surface area (Å²) in [6.07, 6.45) is 7.75. The third kappa shape index (κ3) is 2.10. The zero-order chi connectivity index (χ0) is 9.14. The Morgan fingerprint density at radius 2 is 2.25 bits per heavy atom. The van der Waals surface area contributed by atoms with E-state index in [1.54, 1.807) is 0 Å². The zero-order valence-electron chi connectivity index (χ0n) is 8.30. The Morgan fingerprint density at radius 3 is 2.75 bits per heavy atom. The second-order valence-corrected chi connectivity index (χ2v) is 3.94. The topological polar surface area (TPSA) is 0 Å². The fourth-order valence-electron chi connectivity index (χ4n) is 1.45. The molecule has 0 aromatic heterocycles. The summed E-state index contributed by atoms with van der Waals surface area (Å²) in [5.41, 5.74) is 2.73. The van der Waals surface area contributed by atoms with Crippen LogP contribution in [0.3, 0.4) is 0 Å². The molecule has 66 valence electrons. The van der Waals surface area contributed by atoms with E-state index in [0.29, 0.717) is 11.8 Å². The zero-order valence-corrected chi connectivity index (χ0v) is 8.30. The molecule has 0 spiro atoms. The van der Waals surface area contributed by atoms with E-state index in [2.05, 4.69) is 45.6 Å². The van der Waals surface area contributed by atoms with Crippen LogP contribution in [0.5, 0.6) is 0 Å². The Kier molecular flexibility index (Phi) is 2.91. The summed E-state index contributed by atoms with van der Waals surface area (Å²) in [6.45, 7) is 10.8. The molecule has 0 heterocycles. The van der Waals surface area contributed by atoms with Gasteiger partial charge in [-0.05, 0) is 29.4 Å². The minimum absolute atomic E-state index is 0.579. The first kappa shape index (κ1) is 9.31. The van der Waals surface area contributed by atoms with E-state index in [-0.39, 0.29) is 0 Å². The van der Waals surface area contributed by atoms with Crippen LogP contribution in [-0.4, -0.2) is 0 Å². The summed E-state index contributed by atoms with van der Waals surface area (Å²) in [7, 11) is 0. The van der Waals surface area contributed by atoms with Gasteiger partial charge in [-0.15, -0.1) is 0 Å². The lowest BCUT2D eigenvalue weighted by atomic mass is 9.87. The molecule has 0 bridgehead atoms. The van der Waals surface area contributed by atoms with E-state index in [1.807, 2.05) is 0 Å². The summed E-state index contributed by atoms with van der Waals surface area (Å²) in [6, 6.07) is 0. The Hall–Kier alpha value is -0.780. The SMILES string of the molecule is C=C(C1=CC=CC(C)C1)C(C)C. The standard InChI is InChI=1S/C12H18/c1-9(2)11(4)12-7-5-6-10(3)8-12/h5-7,9-10H,4,8H2,1-3H3. The number of hydrogen-bond donors (Lipinski definition) is 0. The Morgan fingerprint density at radius 1 is 1.58 bits per heavy atom. The van der Waals surface area contributed by atoms with Gasteiger partial charge in [-0.1, -0.05) is 45.6 Å². The van der Waals surface area contributed by atoms with Crippen molar-refractivity contribution in [2.45, 2.75) is 27.2 Å². The first-order valence-corrected chi connectivity index (χ1v) is 4.67. The van der Waals surface area contributed by atoms with E-state index in [0.717, 1.165) is 6.42 Å². The van der Waals surface area contributed by atoms with Gasteiger partial charge in [-0.25, -0.2) is 0 Å². The normalized spacial score (nSPS) is 22.7. The molecule has 0 radical (unpaired) electrons. The maximum atomic E-state index is 4.11. The number of rotatable bonds is 2. The Labute approximate surface area is 75.7 Å². The summed E-state index contributed by atoms with van der Waals surface area (Å²) in [5.74, 6) is 1.26. The number of allylic oxidation sites excluding steroid dienone is 5. The van der Waals surface area contributed by atoms with E-state index in [9.17, 15) is 0 Å². The van der Waals surface area contributed by atoms with Crippen LogP contribution in [0.4, 0.5) is 0 Å². The van der Waals surface area contributed by atoms with Crippen molar-refractivity contribution in [1.82, 2.24) is 0 Å². The molecule has 0 N–H and O–H groups in total. The van der Waals surface area contributed by atoms with Gasteiger partial charge >= 0.3 is 0 Å². The van der Waals surface area contributed by atoms with Crippen LogP contribution in [0.1, 0.15) is 27.2 Å². The molecule has 0 aromatic rings. The maximum absolute atomic E-state index is 4.11. The van der Waals surface area contributed by atoms with Crippen molar-refractivity contribution in [3.05, 3.63) is 36.0 Å². The second kappa shape index (κ2) is 3.75. The van der Waals surface area contributed by atoms with Crippen molar-refractivity contribution in [2.24, 2.45) is 11.8 Å². The molecule has 1 rings (SSSR count). The average Bonchev–Trinajstić information content (AvgIpc) is 2.03. The molecule has 0 aliphatic heterocycles. The van der Waals surface area contributed by atoms with Gasteiger partial charge in [0.05, 0.1) is 0 Å². The first-order chi connectivity index (χ1) is 5.61. The summed E-state index contributed by atoms with van der Waals surface area (Å²) < 4.78 is 0. The van der Waals surface area contributed by atoms with Gasteiger partial charge in [0.25, 0.3) is 0 Å². The monoisotopic (exact) mass is 162 g/mol. The van der Waals surface area contributed by atoms with Crippen LogP contribution in [0.15, 0.2) is 36.0 Å². The largest absolute Gasteiger partial charge is 0.0953 e. The van der Waals surface area contributed by atoms with Crippen LogP contribution in [0.2, 0.25) is 0 Å². The van der Waals surface area contributed by atoms with Gasteiger partial charge in [0, 0.05) is 0 Å². The van der Waals surface area contributed by atoms with Crippen LogP contribution in [-0.2, 0) is 0 Å². The molecular formula is C12H18. The molecule has 0 nitrogen and oxygen atoms in total. The third-order valence-electron chi connectivity index (χ3n) is 2.39. The van der Waals surface area contributed by atoms with Crippen LogP contribution >= 0.6 is 0 Å². The van der Waals surface area contributed by atoms with E-state index >= 15 is 0 Å². The molecule has 1 atom stereocenters. The molecule has 0 saturated heterocycles. The molecule has 0 fully saturated rings. The van der Waals surface area contributed by atoms with Crippen molar-refractivity contribution in [3.63, 3.8) is 0 Å². The quantitative estimate of drug-likeness (QED) is 0.580. The summed E-state index contributed by atoms with van der Waals surface area (Å²) >= 11 is 0. The highest BCUT2D eigenvalue weighted by molar-refractivity contribution is 5.35. The van der Waals surface area contributed by atoms with Crippen LogP contribution < -0.4 is 0 Å². The van der Waals surface area contributed by atoms with Gasteiger partial charge < -0.3 is 0 Å². The minimum Gasteiger partial charge on any atom is -0.0953 e. The lowest BCUT2D eigenvalue weighted by Crippen LogP contribution is -2.03. The van der Waals surface area contributed by atoms with Crippen molar-refractivity contribution < 1.29 is 0 Å². The molecule has 0 heteroatoms. The first-order valence-electron chi connectivity index (χ1n) is 4.67. The smallest absolute Gasteiger partial charge is 0.0216 e.